The van der Waals surface area contributed by atoms with Crippen LogP contribution in [0.15, 0.2) is 23.1 Å². The minimum atomic E-state index is -4.85. The van der Waals surface area contributed by atoms with Gasteiger partial charge in [0.15, 0.2) is 0 Å². The average molecular weight is 257 g/mol. The van der Waals surface area contributed by atoms with Crippen molar-refractivity contribution in [1.29, 1.82) is 0 Å². The SMILES string of the molecule is O=C(Cl)c1cc(S(=O)(=O)F)ccc1Cl. The molecule has 0 radical (unpaired) electrons. The average Bonchev–Trinajstić information content (AvgIpc) is 2.02. The normalized spacial score (nSPS) is 11.4. The summed E-state index contributed by atoms with van der Waals surface area (Å²) in [6.45, 7) is 0. The quantitative estimate of drug-likeness (QED) is 0.764. The van der Waals surface area contributed by atoms with E-state index < -0.39 is 20.4 Å². The fourth-order valence-electron chi connectivity index (χ4n) is 0.807. The highest BCUT2D eigenvalue weighted by Crippen LogP contribution is 2.22. The van der Waals surface area contributed by atoms with Gasteiger partial charge in [-0.2, -0.15) is 8.42 Å². The molecule has 0 fully saturated rings. The third kappa shape index (κ3) is 2.43. The zero-order valence-corrected chi connectivity index (χ0v) is 8.83. The fraction of sp³-hybridized carbons (Fsp3) is 0. The number of halogens is 3. The topological polar surface area (TPSA) is 51.2 Å². The van der Waals surface area contributed by atoms with Crippen LogP contribution in [0.5, 0.6) is 0 Å². The summed E-state index contributed by atoms with van der Waals surface area (Å²) >= 11 is 10.6. The molecule has 0 spiro atoms. The number of carbonyl (C=O) groups excluding carboxylic acids is 1. The third-order valence-corrected chi connectivity index (χ3v) is 2.78. The van der Waals surface area contributed by atoms with Gasteiger partial charge >= 0.3 is 10.2 Å². The molecule has 0 bridgehead atoms. The summed E-state index contributed by atoms with van der Waals surface area (Å²) in [4.78, 5) is 10.1. The third-order valence-electron chi connectivity index (χ3n) is 1.43. The number of hydrogen-bond donors (Lipinski definition) is 0. The lowest BCUT2D eigenvalue weighted by Gasteiger charge is -1.99. The van der Waals surface area contributed by atoms with Crippen LogP contribution in [-0.2, 0) is 10.2 Å². The maximum absolute atomic E-state index is 12.5. The van der Waals surface area contributed by atoms with Crippen LogP contribution in [0.2, 0.25) is 5.02 Å². The highest BCUT2D eigenvalue weighted by atomic mass is 35.5. The van der Waals surface area contributed by atoms with Crippen molar-refractivity contribution >= 4 is 38.7 Å². The number of rotatable bonds is 2. The first-order valence-corrected chi connectivity index (χ1v) is 5.40. The molecule has 14 heavy (non-hydrogen) atoms. The molecule has 1 rings (SSSR count). The first-order valence-electron chi connectivity index (χ1n) is 3.26. The van der Waals surface area contributed by atoms with Crippen molar-refractivity contribution in [1.82, 2.24) is 0 Å². The molecular formula is C7H3Cl2FO3S. The zero-order chi connectivity index (χ0) is 10.9. The minimum Gasteiger partial charge on any atom is -0.276 e. The first kappa shape index (κ1) is 11.4. The van der Waals surface area contributed by atoms with Crippen LogP contribution >= 0.6 is 23.2 Å². The molecule has 1 aromatic carbocycles. The molecule has 0 aliphatic rings. The molecule has 0 amide bonds. The van der Waals surface area contributed by atoms with Gasteiger partial charge in [-0.05, 0) is 29.8 Å². The van der Waals surface area contributed by atoms with Crippen molar-refractivity contribution in [2.24, 2.45) is 0 Å². The highest BCUT2D eigenvalue weighted by molar-refractivity contribution is 7.86. The Morgan fingerprint density at radius 1 is 1.36 bits per heavy atom. The number of hydrogen-bond acceptors (Lipinski definition) is 3. The van der Waals surface area contributed by atoms with E-state index in [-0.39, 0.29) is 10.6 Å². The lowest BCUT2D eigenvalue weighted by atomic mass is 10.2. The van der Waals surface area contributed by atoms with E-state index in [0.29, 0.717) is 0 Å². The van der Waals surface area contributed by atoms with Crippen molar-refractivity contribution < 1.29 is 17.1 Å². The Kier molecular flexibility index (Phi) is 3.14. The van der Waals surface area contributed by atoms with Gasteiger partial charge in [0, 0.05) is 0 Å². The van der Waals surface area contributed by atoms with Crippen LogP contribution in [0.25, 0.3) is 0 Å². The maximum Gasteiger partial charge on any atom is 0.332 e. The van der Waals surface area contributed by atoms with Crippen LogP contribution in [0, 0.1) is 0 Å². The van der Waals surface area contributed by atoms with E-state index in [4.69, 9.17) is 23.2 Å². The van der Waals surface area contributed by atoms with Crippen LogP contribution in [0.3, 0.4) is 0 Å². The molecule has 76 valence electrons. The summed E-state index contributed by atoms with van der Waals surface area (Å²) in [5.74, 6) is 0. The molecule has 0 aliphatic carbocycles. The summed E-state index contributed by atoms with van der Waals surface area (Å²) in [7, 11) is -4.85. The van der Waals surface area contributed by atoms with E-state index in [1.165, 1.54) is 0 Å². The molecule has 7 heteroatoms. The molecule has 1 aromatic rings. The van der Waals surface area contributed by atoms with Gasteiger partial charge in [-0.1, -0.05) is 11.6 Å². The van der Waals surface area contributed by atoms with Crippen LogP contribution in [-0.4, -0.2) is 13.7 Å². The smallest absolute Gasteiger partial charge is 0.276 e. The van der Waals surface area contributed by atoms with E-state index in [0.717, 1.165) is 18.2 Å². The van der Waals surface area contributed by atoms with Crippen LogP contribution < -0.4 is 0 Å². The maximum atomic E-state index is 12.5. The Morgan fingerprint density at radius 2 is 1.93 bits per heavy atom. The second-order valence-corrected chi connectivity index (χ2v) is 4.45. The van der Waals surface area contributed by atoms with Gasteiger partial charge in [0.2, 0.25) is 0 Å². The van der Waals surface area contributed by atoms with E-state index in [1.54, 1.807) is 0 Å². The van der Waals surface area contributed by atoms with E-state index in [2.05, 4.69) is 0 Å². The second kappa shape index (κ2) is 3.84. The monoisotopic (exact) mass is 256 g/mol. The summed E-state index contributed by atoms with van der Waals surface area (Å²) in [5, 5.41) is -0.974. The lowest BCUT2D eigenvalue weighted by Crippen LogP contribution is -1.96. The van der Waals surface area contributed by atoms with Crippen molar-refractivity contribution in [3.8, 4) is 0 Å². The summed E-state index contributed by atoms with van der Waals surface area (Å²) in [6.07, 6.45) is 0. The van der Waals surface area contributed by atoms with Gasteiger partial charge < -0.3 is 0 Å². The Bertz CT molecular complexity index is 484. The van der Waals surface area contributed by atoms with Crippen molar-refractivity contribution in [2.75, 3.05) is 0 Å². The largest absolute Gasteiger partial charge is 0.332 e. The molecule has 0 unspecified atom stereocenters. The molecule has 3 nitrogen and oxygen atoms in total. The number of carbonyl (C=O) groups is 1. The summed E-state index contributed by atoms with van der Waals surface area (Å²) in [5.41, 5.74) is -0.243. The Labute approximate surface area is 89.7 Å². The van der Waals surface area contributed by atoms with Gasteiger partial charge in [-0.15, -0.1) is 3.89 Å². The molecule has 0 saturated carbocycles. The predicted octanol–water partition coefficient (Wildman–Crippen LogP) is 2.38. The van der Waals surface area contributed by atoms with E-state index >= 15 is 0 Å². The van der Waals surface area contributed by atoms with Gasteiger partial charge in [0.05, 0.1) is 15.5 Å². The van der Waals surface area contributed by atoms with Gasteiger partial charge in [0.25, 0.3) is 5.24 Å². The van der Waals surface area contributed by atoms with Crippen LogP contribution in [0.1, 0.15) is 10.4 Å². The Balaban J connectivity index is 3.42. The molecule has 0 N–H and O–H groups in total. The van der Waals surface area contributed by atoms with Gasteiger partial charge in [-0.25, -0.2) is 0 Å². The molecule has 0 heterocycles. The van der Waals surface area contributed by atoms with Crippen LogP contribution in [0.4, 0.5) is 3.89 Å². The fourth-order valence-corrected chi connectivity index (χ4v) is 1.70. The van der Waals surface area contributed by atoms with Crippen molar-refractivity contribution in [3.05, 3.63) is 28.8 Å². The summed E-state index contributed by atoms with van der Waals surface area (Å²) < 4.78 is 33.4. The predicted molar refractivity (Wildman–Crippen MR) is 49.9 cm³/mol. The van der Waals surface area contributed by atoms with E-state index in [1.807, 2.05) is 0 Å². The Morgan fingerprint density at radius 3 is 2.36 bits per heavy atom. The summed E-state index contributed by atoms with van der Waals surface area (Å²) in [6, 6.07) is 2.82. The first-order chi connectivity index (χ1) is 6.32. The second-order valence-electron chi connectivity index (χ2n) is 2.35. The molecule has 0 aromatic heterocycles. The van der Waals surface area contributed by atoms with E-state index in [9.17, 15) is 17.1 Å². The molecule has 0 aliphatic heterocycles. The highest BCUT2D eigenvalue weighted by Gasteiger charge is 2.16. The lowest BCUT2D eigenvalue weighted by molar-refractivity contribution is 0.108. The molecular weight excluding hydrogens is 254 g/mol. The molecule has 0 saturated heterocycles. The standard InChI is InChI=1S/C7H3Cl2FO3S/c8-6-2-1-4(14(10,12)13)3-5(6)7(9)11/h1-3H. The van der Waals surface area contributed by atoms with Crippen molar-refractivity contribution in [2.45, 2.75) is 4.90 Å². The Hall–Kier alpha value is -0.650. The molecule has 0 atom stereocenters. The van der Waals surface area contributed by atoms with Crippen molar-refractivity contribution in [3.63, 3.8) is 0 Å². The van der Waals surface area contributed by atoms with Gasteiger partial charge in [-0.3, -0.25) is 4.79 Å². The minimum absolute atomic E-state index is 0.0302. The van der Waals surface area contributed by atoms with Gasteiger partial charge in [0.1, 0.15) is 0 Å². The zero-order valence-electron chi connectivity index (χ0n) is 6.50. The number of benzene rings is 1.